The van der Waals surface area contributed by atoms with Gasteiger partial charge in [0.25, 0.3) is 0 Å². The smallest absolute Gasteiger partial charge is 0.239 e. The number of fused-ring (bicyclic) bond motifs is 2. The molecule has 2 aliphatic heterocycles. The van der Waals surface area contributed by atoms with E-state index in [1.165, 1.54) is 11.2 Å². The van der Waals surface area contributed by atoms with Gasteiger partial charge in [0, 0.05) is 19.3 Å². The quantitative estimate of drug-likeness (QED) is 0.657. The van der Waals surface area contributed by atoms with Crippen molar-refractivity contribution in [3.05, 3.63) is 55.0 Å². The Morgan fingerprint density at radius 3 is 2.31 bits per heavy atom. The molecule has 4 heterocycles. The fourth-order valence-corrected chi connectivity index (χ4v) is 3.88. The first-order valence-electron chi connectivity index (χ1n) is 8.47. The molecule has 3 aromatic rings. The van der Waals surface area contributed by atoms with Crippen LogP contribution in [-0.2, 0) is 9.59 Å². The van der Waals surface area contributed by atoms with Gasteiger partial charge in [-0.2, -0.15) is 0 Å². The fraction of sp³-hybridized carbons (Fsp3) is 0.211. The summed E-state index contributed by atoms with van der Waals surface area (Å²) in [5.41, 5.74) is 1.25. The van der Waals surface area contributed by atoms with Crippen molar-refractivity contribution in [2.24, 2.45) is 11.8 Å². The van der Waals surface area contributed by atoms with Gasteiger partial charge in [-0.1, -0.05) is 18.2 Å². The lowest BCUT2D eigenvalue weighted by Gasteiger charge is -2.22. The summed E-state index contributed by atoms with van der Waals surface area (Å²) in [5, 5.41) is 0.829. The molecule has 0 radical (unpaired) electrons. The maximum atomic E-state index is 12.9. The predicted molar refractivity (Wildman–Crippen MR) is 95.5 cm³/mol. The van der Waals surface area contributed by atoms with Gasteiger partial charge in [-0.25, -0.2) is 19.9 Å². The summed E-state index contributed by atoms with van der Waals surface area (Å²) in [4.78, 5) is 41.9. The zero-order valence-electron chi connectivity index (χ0n) is 13.8. The first kappa shape index (κ1) is 14.9. The Morgan fingerprint density at radius 1 is 0.846 bits per heavy atom. The molecular weight excluding hydrogens is 330 g/mol. The number of para-hydroxylation sites is 1. The lowest BCUT2D eigenvalue weighted by Crippen LogP contribution is -2.36. The van der Waals surface area contributed by atoms with Crippen LogP contribution in [0, 0.1) is 11.8 Å². The number of hydrogen-bond acceptors (Lipinski definition) is 6. The monoisotopic (exact) mass is 345 g/mol. The molecule has 128 valence electrons. The maximum absolute atomic E-state index is 12.9. The summed E-state index contributed by atoms with van der Waals surface area (Å²) in [6.07, 6.45) is 3.15. The van der Waals surface area contributed by atoms with Gasteiger partial charge in [0.15, 0.2) is 5.65 Å². The van der Waals surface area contributed by atoms with Crippen molar-refractivity contribution < 1.29 is 9.59 Å². The number of aromatic nitrogens is 3. The Labute approximate surface area is 149 Å². The van der Waals surface area contributed by atoms with Gasteiger partial charge in [0.05, 0.1) is 22.9 Å². The van der Waals surface area contributed by atoms with Crippen LogP contribution in [0.1, 0.15) is 0 Å². The van der Waals surface area contributed by atoms with Gasteiger partial charge in [0.2, 0.25) is 11.8 Å². The molecule has 2 aliphatic rings. The van der Waals surface area contributed by atoms with Gasteiger partial charge in [-0.3, -0.25) is 9.59 Å². The minimum Gasteiger partial charge on any atom is -0.354 e. The molecule has 26 heavy (non-hydrogen) atoms. The Kier molecular flexibility index (Phi) is 3.21. The Bertz CT molecular complexity index is 993. The predicted octanol–water partition coefficient (Wildman–Crippen LogP) is 1.65. The highest BCUT2D eigenvalue weighted by molar-refractivity contribution is 6.22. The van der Waals surface area contributed by atoms with E-state index in [0.717, 1.165) is 11.2 Å². The van der Waals surface area contributed by atoms with E-state index >= 15 is 0 Å². The minimum absolute atomic E-state index is 0.134. The number of nitrogens with zero attached hydrogens (tertiary/aromatic N) is 5. The number of carbonyl (C=O) groups is 2. The number of hydrogen-bond donors (Lipinski definition) is 0. The van der Waals surface area contributed by atoms with Crippen LogP contribution in [0.2, 0.25) is 0 Å². The molecule has 2 fully saturated rings. The standard InChI is InChI=1S/C19H15N5O2/c25-18-14-9-23(17-13-7-4-8-20-16(13)21-11-22-17)10-15(14)19(26)24(18)12-5-2-1-3-6-12/h1-8,11,14-15H,9-10H2. The van der Waals surface area contributed by atoms with Gasteiger partial charge in [0.1, 0.15) is 12.1 Å². The van der Waals surface area contributed by atoms with Crippen LogP contribution < -0.4 is 9.80 Å². The van der Waals surface area contributed by atoms with Crippen LogP contribution in [-0.4, -0.2) is 39.9 Å². The van der Waals surface area contributed by atoms with E-state index in [2.05, 4.69) is 15.0 Å². The number of imide groups is 1. The molecule has 2 unspecified atom stereocenters. The second-order valence-electron chi connectivity index (χ2n) is 6.54. The molecule has 2 aromatic heterocycles. The number of benzene rings is 1. The van der Waals surface area contributed by atoms with Crippen molar-refractivity contribution in [2.45, 2.75) is 0 Å². The Morgan fingerprint density at radius 2 is 1.58 bits per heavy atom. The van der Waals surface area contributed by atoms with Crippen molar-refractivity contribution in [3.8, 4) is 0 Å². The molecule has 2 amide bonds. The largest absolute Gasteiger partial charge is 0.354 e. The van der Waals surface area contributed by atoms with Crippen LogP contribution in [0.3, 0.4) is 0 Å². The maximum Gasteiger partial charge on any atom is 0.239 e. The fourth-order valence-electron chi connectivity index (χ4n) is 3.88. The Balaban J connectivity index is 1.47. The van der Waals surface area contributed by atoms with Crippen molar-refractivity contribution >= 4 is 34.4 Å². The number of anilines is 2. The minimum atomic E-state index is -0.343. The van der Waals surface area contributed by atoms with Gasteiger partial charge >= 0.3 is 0 Å². The summed E-state index contributed by atoms with van der Waals surface area (Å²) in [5.74, 6) is -0.228. The molecule has 0 spiro atoms. The molecule has 0 aliphatic carbocycles. The average molecular weight is 345 g/mol. The Hall–Kier alpha value is -3.35. The summed E-state index contributed by atoms with van der Waals surface area (Å²) in [6, 6.07) is 12.8. The summed E-state index contributed by atoms with van der Waals surface area (Å²) >= 11 is 0. The average Bonchev–Trinajstić information content (AvgIpc) is 3.22. The molecule has 2 atom stereocenters. The third-order valence-electron chi connectivity index (χ3n) is 5.10. The van der Waals surface area contributed by atoms with E-state index in [1.807, 2.05) is 35.2 Å². The molecule has 7 heteroatoms. The van der Waals surface area contributed by atoms with Crippen molar-refractivity contribution in [2.75, 3.05) is 22.9 Å². The zero-order chi connectivity index (χ0) is 17.7. The number of pyridine rings is 1. The summed E-state index contributed by atoms with van der Waals surface area (Å²) in [7, 11) is 0. The molecule has 7 nitrogen and oxygen atoms in total. The molecule has 0 N–H and O–H groups in total. The highest BCUT2D eigenvalue weighted by Crippen LogP contribution is 2.38. The van der Waals surface area contributed by atoms with Crippen LogP contribution in [0.25, 0.3) is 11.0 Å². The van der Waals surface area contributed by atoms with Crippen molar-refractivity contribution in [1.82, 2.24) is 15.0 Å². The molecule has 2 saturated heterocycles. The third-order valence-corrected chi connectivity index (χ3v) is 5.10. The van der Waals surface area contributed by atoms with Crippen LogP contribution >= 0.6 is 0 Å². The molecule has 0 bridgehead atoms. The first-order valence-corrected chi connectivity index (χ1v) is 8.47. The number of carbonyl (C=O) groups excluding carboxylic acids is 2. The van der Waals surface area contributed by atoms with Crippen LogP contribution in [0.5, 0.6) is 0 Å². The van der Waals surface area contributed by atoms with Gasteiger partial charge in [-0.15, -0.1) is 0 Å². The lowest BCUT2D eigenvalue weighted by molar-refractivity contribution is -0.122. The van der Waals surface area contributed by atoms with Crippen LogP contribution in [0.4, 0.5) is 11.5 Å². The summed E-state index contributed by atoms with van der Waals surface area (Å²) in [6.45, 7) is 0.944. The molecule has 1 aromatic carbocycles. The highest BCUT2D eigenvalue weighted by Gasteiger charge is 2.53. The second kappa shape index (κ2) is 5.59. The highest BCUT2D eigenvalue weighted by atomic mass is 16.2. The van der Waals surface area contributed by atoms with Crippen molar-refractivity contribution in [1.29, 1.82) is 0 Å². The third kappa shape index (κ3) is 2.10. The van der Waals surface area contributed by atoms with E-state index in [1.54, 1.807) is 18.3 Å². The van der Waals surface area contributed by atoms with Crippen molar-refractivity contribution in [3.63, 3.8) is 0 Å². The zero-order valence-corrected chi connectivity index (χ0v) is 13.8. The van der Waals surface area contributed by atoms with E-state index in [9.17, 15) is 9.59 Å². The van der Waals surface area contributed by atoms with Gasteiger partial charge in [-0.05, 0) is 24.3 Å². The molecule has 5 rings (SSSR count). The summed E-state index contributed by atoms with van der Waals surface area (Å²) < 4.78 is 0. The van der Waals surface area contributed by atoms with E-state index in [4.69, 9.17) is 0 Å². The lowest BCUT2D eigenvalue weighted by atomic mass is 10.00. The van der Waals surface area contributed by atoms with Crippen LogP contribution in [0.15, 0.2) is 55.0 Å². The van der Waals surface area contributed by atoms with E-state index < -0.39 is 0 Å². The molecular formula is C19H15N5O2. The topological polar surface area (TPSA) is 79.3 Å². The van der Waals surface area contributed by atoms with E-state index in [-0.39, 0.29) is 23.7 Å². The normalized spacial score (nSPS) is 22.3. The SMILES string of the molecule is O=C1C2CN(c3ncnc4ncccc34)CC2C(=O)N1c1ccccc1. The first-order chi connectivity index (χ1) is 12.7. The number of rotatable bonds is 2. The molecule has 0 saturated carbocycles. The second-order valence-corrected chi connectivity index (χ2v) is 6.54. The number of amides is 2. The van der Waals surface area contributed by atoms with Gasteiger partial charge < -0.3 is 4.90 Å². The van der Waals surface area contributed by atoms with E-state index in [0.29, 0.717) is 24.4 Å².